The second-order valence-electron chi connectivity index (χ2n) is 3.09. The Hall–Kier alpha value is -1.32. The lowest BCUT2D eigenvalue weighted by Crippen LogP contribution is -2.14. The van der Waals surface area contributed by atoms with Gasteiger partial charge in [-0.1, -0.05) is 0 Å². The minimum atomic E-state index is 0.563. The van der Waals surface area contributed by atoms with Gasteiger partial charge >= 0.3 is 0 Å². The van der Waals surface area contributed by atoms with E-state index in [1.165, 1.54) is 12.8 Å². The Bertz CT molecular complexity index is 271. The molecule has 0 saturated heterocycles. The molecular weight excluding hydrogens is 152 g/mol. The van der Waals surface area contributed by atoms with E-state index in [-0.39, 0.29) is 0 Å². The van der Waals surface area contributed by atoms with Crippen LogP contribution in [0.25, 0.3) is 0 Å². The molecule has 0 aromatic carbocycles. The number of aromatic nitrogens is 2. The molecule has 4 heteroatoms. The van der Waals surface area contributed by atoms with Crippen LogP contribution in [0.2, 0.25) is 0 Å². The first-order valence-corrected chi connectivity index (χ1v) is 4.13. The van der Waals surface area contributed by atoms with E-state index in [0.29, 0.717) is 12.5 Å². The second-order valence-corrected chi connectivity index (χ2v) is 3.09. The second kappa shape index (κ2) is 2.97. The minimum absolute atomic E-state index is 0.563. The highest BCUT2D eigenvalue weighted by atomic mass is 14.9. The van der Waals surface area contributed by atoms with Gasteiger partial charge in [0, 0.05) is 12.1 Å². The third kappa shape index (κ3) is 1.64. The molecule has 1 aliphatic carbocycles. The molecule has 0 atom stereocenters. The van der Waals surface area contributed by atoms with Crippen LogP contribution >= 0.6 is 0 Å². The van der Waals surface area contributed by atoms with Crippen molar-refractivity contribution in [2.45, 2.75) is 19.4 Å². The molecular formula is C8H12N4. The number of rotatable bonds is 3. The highest BCUT2D eigenvalue weighted by molar-refractivity contribution is 5.84. The van der Waals surface area contributed by atoms with Crippen LogP contribution in [0.1, 0.15) is 18.5 Å². The number of nitrogens with one attached hydrogen (secondary N) is 1. The highest BCUT2D eigenvalue weighted by Gasteiger charge is 2.25. The molecule has 1 saturated carbocycles. The zero-order chi connectivity index (χ0) is 8.39. The van der Waals surface area contributed by atoms with Crippen LogP contribution in [0.4, 0.5) is 0 Å². The molecule has 3 N–H and O–H groups in total. The molecule has 64 valence electrons. The quantitative estimate of drug-likeness (QED) is 0.509. The Morgan fingerprint density at radius 1 is 1.75 bits per heavy atom. The Labute approximate surface area is 70.9 Å². The Kier molecular flexibility index (Phi) is 1.81. The van der Waals surface area contributed by atoms with Gasteiger partial charge in [0.15, 0.2) is 0 Å². The predicted octanol–water partition coefficient (Wildman–Crippen LogP) is 0.677. The van der Waals surface area contributed by atoms with E-state index in [1.807, 2.05) is 0 Å². The number of nitrogens with two attached hydrogens (primary N) is 1. The molecule has 1 aliphatic rings. The molecule has 4 nitrogen and oxygen atoms in total. The zero-order valence-electron chi connectivity index (χ0n) is 6.83. The molecule has 2 rings (SSSR count). The molecule has 1 fully saturated rings. The summed E-state index contributed by atoms with van der Waals surface area (Å²) in [6.45, 7) is 0.627. The van der Waals surface area contributed by atoms with Gasteiger partial charge in [0.05, 0.1) is 24.4 Å². The molecule has 0 aliphatic heterocycles. The van der Waals surface area contributed by atoms with Gasteiger partial charge in [0.2, 0.25) is 0 Å². The van der Waals surface area contributed by atoms with Crippen molar-refractivity contribution in [2.75, 3.05) is 0 Å². The fourth-order valence-electron chi connectivity index (χ4n) is 1.06. The summed E-state index contributed by atoms with van der Waals surface area (Å²) in [5, 5.41) is 0. The molecule has 0 radical (unpaired) electrons. The maximum Gasteiger partial charge on any atom is 0.0973 e. The molecule has 0 bridgehead atoms. The smallest absolute Gasteiger partial charge is 0.0973 e. The number of aromatic amines is 1. The van der Waals surface area contributed by atoms with Crippen molar-refractivity contribution >= 4 is 5.84 Å². The van der Waals surface area contributed by atoms with Crippen LogP contribution in [0.15, 0.2) is 17.5 Å². The fourth-order valence-corrected chi connectivity index (χ4v) is 1.06. The molecule has 1 heterocycles. The van der Waals surface area contributed by atoms with Crippen LogP contribution in [0.5, 0.6) is 0 Å². The maximum atomic E-state index is 5.71. The van der Waals surface area contributed by atoms with E-state index in [2.05, 4.69) is 15.0 Å². The summed E-state index contributed by atoms with van der Waals surface area (Å²) in [5.74, 6) is 1.36. The minimum Gasteiger partial charge on any atom is -0.387 e. The fraction of sp³-hybridized carbons (Fsp3) is 0.500. The van der Waals surface area contributed by atoms with E-state index in [1.54, 1.807) is 12.5 Å². The number of amidine groups is 1. The van der Waals surface area contributed by atoms with Gasteiger partial charge in [-0.3, -0.25) is 4.99 Å². The van der Waals surface area contributed by atoms with Crippen molar-refractivity contribution in [1.29, 1.82) is 0 Å². The third-order valence-electron chi connectivity index (χ3n) is 1.98. The van der Waals surface area contributed by atoms with Crippen molar-refractivity contribution in [1.82, 2.24) is 9.97 Å². The van der Waals surface area contributed by atoms with Crippen LogP contribution in [0, 0.1) is 5.92 Å². The lowest BCUT2D eigenvalue weighted by Gasteiger charge is -1.95. The van der Waals surface area contributed by atoms with Crippen molar-refractivity contribution in [3.63, 3.8) is 0 Å². The van der Waals surface area contributed by atoms with Gasteiger partial charge < -0.3 is 10.7 Å². The number of nitrogens with zero attached hydrogens (tertiary/aromatic N) is 2. The summed E-state index contributed by atoms with van der Waals surface area (Å²) in [6, 6.07) is 0. The third-order valence-corrected chi connectivity index (χ3v) is 1.98. The van der Waals surface area contributed by atoms with Gasteiger partial charge in [0.1, 0.15) is 0 Å². The normalized spacial score (nSPS) is 18.2. The largest absolute Gasteiger partial charge is 0.387 e. The van der Waals surface area contributed by atoms with Crippen molar-refractivity contribution in [2.24, 2.45) is 16.6 Å². The summed E-state index contributed by atoms with van der Waals surface area (Å²) in [5.41, 5.74) is 6.72. The van der Waals surface area contributed by atoms with Crippen LogP contribution in [0.3, 0.4) is 0 Å². The molecule has 12 heavy (non-hydrogen) atoms. The Morgan fingerprint density at radius 2 is 2.58 bits per heavy atom. The van der Waals surface area contributed by atoms with E-state index < -0.39 is 0 Å². The average Bonchev–Trinajstić information content (AvgIpc) is 2.80. The Morgan fingerprint density at radius 3 is 3.17 bits per heavy atom. The first-order valence-electron chi connectivity index (χ1n) is 4.13. The van der Waals surface area contributed by atoms with E-state index in [4.69, 9.17) is 5.73 Å². The zero-order valence-corrected chi connectivity index (χ0v) is 6.83. The lowest BCUT2D eigenvalue weighted by molar-refractivity contribution is 0.979. The standard InChI is InChI=1S/C8H12N4/c9-8(6-1-2-6)11-4-7-3-10-5-12-7/h3,5-6H,1-2,4H2,(H2,9,11)(H,10,12). The maximum absolute atomic E-state index is 5.71. The van der Waals surface area contributed by atoms with Crippen LogP contribution < -0.4 is 5.73 Å². The summed E-state index contributed by atoms with van der Waals surface area (Å²) >= 11 is 0. The van der Waals surface area contributed by atoms with E-state index in [0.717, 1.165) is 11.5 Å². The Balaban J connectivity index is 1.91. The van der Waals surface area contributed by atoms with Crippen molar-refractivity contribution in [3.05, 3.63) is 18.2 Å². The molecule has 0 amide bonds. The number of aliphatic imine (C=N–C) groups is 1. The SMILES string of the molecule is NC(=NCc1cnc[nH]1)C1CC1. The van der Waals surface area contributed by atoms with Crippen molar-refractivity contribution in [3.8, 4) is 0 Å². The van der Waals surface area contributed by atoms with Gasteiger partial charge in [-0.25, -0.2) is 4.98 Å². The summed E-state index contributed by atoms with van der Waals surface area (Å²) < 4.78 is 0. The monoisotopic (exact) mass is 164 g/mol. The first-order chi connectivity index (χ1) is 5.86. The first kappa shape index (κ1) is 7.34. The van der Waals surface area contributed by atoms with Crippen molar-refractivity contribution < 1.29 is 0 Å². The lowest BCUT2D eigenvalue weighted by atomic mass is 10.4. The van der Waals surface area contributed by atoms with Gasteiger partial charge in [0.25, 0.3) is 0 Å². The van der Waals surface area contributed by atoms with E-state index >= 15 is 0 Å². The van der Waals surface area contributed by atoms with E-state index in [9.17, 15) is 0 Å². The van der Waals surface area contributed by atoms with Gasteiger partial charge in [-0.05, 0) is 12.8 Å². The number of H-pyrrole nitrogens is 1. The molecule has 0 unspecified atom stereocenters. The van der Waals surface area contributed by atoms with Gasteiger partial charge in [-0.2, -0.15) is 0 Å². The van der Waals surface area contributed by atoms with Gasteiger partial charge in [-0.15, -0.1) is 0 Å². The predicted molar refractivity (Wildman–Crippen MR) is 46.6 cm³/mol. The summed E-state index contributed by atoms with van der Waals surface area (Å²) in [6.07, 6.45) is 5.83. The summed E-state index contributed by atoms with van der Waals surface area (Å²) in [7, 11) is 0. The molecule has 0 spiro atoms. The summed E-state index contributed by atoms with van der Waals surface area (Å²) in [4.78, 5) is 11.1. The number of imidazole rings is 1. The topological polar surface area (TPSA) is 67.1 Å². The van der Waals surface area contributed by atoms with Crippen LogP contribution in [-0.2, 0) is 6.54 Å². The highest BCUT2D eigenvalue weighted by Crippen LogP contribution is 2.28. The number of hydrogen-bond acceptors (Lipinski definition) is 2. The molecule has 1 aromatic rings. The average molecular weight is 164 g/mol. The van der Waals surface area contributed by atoms with Crippen LogP contribution in [-0.4, -0.2) is 15.8 Å². The number of hydrogen-bond donors (Lipinski definition) is 2. The molecule has 1 aromatic heterocycles.